The molecule has 3 aliphatic carbocycles. The van der Waals surface area contributed by atoms with Crippen molar-refractivity contribution in [2.24, 2.45) is 23.5 Å². The average Bonchev–Trinajstić information content (AvgIpc) is 3.36. The van der Waals surface area contributed by atoms with Crippen LogP contribution >= 0.6 is 0 Å². The van der Waals surface area contributed by atoms with E-state index in [4.69, 9.17) is 5.73 Å². The second-order valence-electron chi connectivity index (χ2n) is 10.00. The molecule has 6 N–H and O–H groups in total. The summed E-state index contributed by atoms with van der Waals surface area (Å²) in [6.45, 7) is 0.421. The molecule has 2 bridgehead atoms. The quantitative estimate of drug-likeness (QED) is 0.257. The van der Waals surface area contributed by atoms with Crippen LogP contribution in [0.5, 0.6) is 0 Å². The maximum atomic E-state index is 13.2. The predicted octanol–water partition coefficient (Wildman–Crippen LogP) is 1.64. The Balaban J connectivity index is 1.64. The van der Waals surface area contributed by atoms with Gasteiger partial charge in [0.15, 0.2) is 0 Å². The number of carbonyl (C=O) groups is 2. The third-order valence-electron chi connectivity index (χ3n) is 7.52. The first-order valence-electron chi connectivity index (χ1n) is 12.3. The molecule has 3 rings (SSSR count). The Morgan fingerprint density at radius 1 is 0.969 bits per heavy atom. The van der Waals surface area contributed by atoms with Crippen LogP contribution in [0.3, 0.4) is 0 Å². The maximum absolute atomic E-state index is 13.2. The minimum absolute atomic E-state index is 0.121. The lowest BCUT2D eigenvalue weighted by molar-refractivity contribution is -0.139. The van der Waals surface area contributed by atoms with Crippen LogP contribution in [0.1, 0.15) is 83.5 Å². The zero-order chi connectivity index (χ0) is 23.1. The second-order valence-corrected chi connectivity index (χ2v) is 11.5. The van der Waals surface area contributed by atoms with Crippen LogP contribution in [0.2, 0.25) is 0 Å². The summed E-state index contributed by atoms with van der Waals surface area (Å²) >= 11 is 0. The van der Waals surface area contributed by atoms with E-state index in [2.05, 4.69) is 14.8 Å². The van der Waals surface area contributed by atoms with Gasteiger partial charge in [-0.05, 0) is 62.8 Å². The fourth-order valence-electron chi connectivity index (χ4n) is 5.80. The van der Waals surface area contributed by atoms with Crippen molar-refractivity contribution >= 4 is 22.1 Å². The van der Waals surface area contributed by atoms with Gasteiger partial charge < -0.3 is 16.2 Å². The number of carbonyl (C=O) groups excluding carboxylic acids is 1. The third-order valence-corrected chi connectivity index (χ3v) is 8.71. The molecule has 0 aliphatic heterocycles. The summed E-state index contributed by atoms with van der Waals surface area (Å²) in [7, 11) is -4.17. The van der Waals surface area contributed by atoms with Crippen LogP contribution in [0.15, 0.2) is 0 Å². The van der Waals surface area contributed by atoms with Gasteiger partial charge in [-0.15, -0.1) is 0 Å². The molecule has 0 aromatic rings. The van der Waals surface area contributed by atoms with Crippen molar-refractivity contribution in [2.45, 2.75) is 102 Å². The topological polar surface area (TPSA) is 151 Å². The summed E-state index contributed by atoms with van der Waals surface area (Å²) in [6.07, 6.45) is 11.5. The summed E-state index contributed by atoms with van der Waals surface area (Å²) in [4.78, 5) is 24.7. The molecule has 0 aromatic heterocycles. The summed E-state index contributed by atoms with van der Waals surface area (Å²) in [5.74, 6) is -0.0588. The molecular formula is C22H40N4O5S. The Bertz CT molecular complexity index is 741. The van der Waals surface area contributed by atoms with Crippen molar-refractivity contribution in [2.75, 3.05) is 6.54 Å². The third kappa shape index (κ3) is 7.40. The Morgan fingerprint density at radius 3 is 2.28 bits per heavy atom. The van der Waals surface area contributed by atoms with Gasteiger partial charge in [0.25, 0.3) is 10.2 Å². The molecule has 9 nitrogen and oxygen atoms in total. The van der Waals surface area contributed by atoms with E-state index in [-0.39, 0.29) is 18.4 Å². The van der Waals surface area contributed by atoms with Gasteiger partial charge in [-0.3, -0.25) is 9.59 Å². The summed E-state index contributed by atoms with van der Waals surface area (Å²) in [6, 6.07) is -2.02. The first kappa shape index (κ1) is 25.4. The number of amides is 1. The van der Waals surface area contributed by atoms with Gasteiger partial charge in [0, 0.05) is 6.04 Å². The minimum Gasteiger partial charge on any atom is -0.480 e. The highest BCUT2D eigenvalue weighted by molar-refractivity contribution is 7.87. The standard InChI is InChI=1S/C22H40N4O5S/c23-11-5-4-8-18(22(28)29)25-32(30,31)26-20(13-15-6-2-1-3-7-15)21(27)24-19-14-16-9-10-17(19)12-16/h15-20,25-26H,1-14,23H2,(H,24,27)(H,28,29)/t16?,17?,18-,19?,20+/m0/s1. The van der Waals surface area contributed by atoms with Gasteiger partial charge in [0.2, 0.25) is 5.91 Å². The highest BCUT2D eigenvalue weighted by atomic mass is 32.2. The Kier molecular flexibility index (Phi) is 9.33. The van der Waals surface area contributed by atoms with E-state index in [1.807, 2.05) is 0 Å². The molecule has 0 saturated heterocycles. The molecule has 5 atom stereocenters. The van der Waals surface area contributed by atoms with Crippen LogP contribution < -0.4 is 20.5 Å². The van der Waals surface area contributed by atoms with E-state index >= 15 is 0 Å². The molecule has 0 heterocycles. The number of nitrogens with two attached hydrogens (primary N) is 1. The van der Waals surface area contributed by atoms with Crippen molar-refractivity contribution in [3.8, 4) is 0 Å². The monoisotopic (exact) mass is 472 g/mol. The summed E-state index contributed by atoms with van der Waals surface area (Å²) < 4.78 is 30.3. The fourth-order valence-corrected chi connectivity index (χ4v) is 7.04. The van der Waals surface area contributed by atoms with E-state index in [0.29, 0.717) is 43.6 Å². The number of aliphatic carboxylic acids is 1. The van der Waals surface area contributed by atoms with Crippen LogP contribution in [-0.2, 0) is 19.8 Å². The van der Waals surface area contributed by atoms with Crippen LogP contribution in [0.4, 0.5) is 0 Å². The van der Waals surface area contributed by atoms with Gasteiger partial charge in [-0.1, -0.05) is 44.9 Å². The number of nitrogens with one attached hydrogen (secondary N) is 3. The minimum atomic E-state index is -4.17. The Labute approximate surface area is 191 Å². The van der Waals surface area contributed by atoms with Crippen LogP contribution in [-0.4, -0.2) is 50.1 Å². The number of hydrogen-bond acceptors (Lipinski definition) is 5. The molecule has 184 valence electrons. The molecule has 0 radical (unpaired) electrons. The lowest BCUT2D eigenvalue weighted by Gasteiger charge is -2.29. The van der Waals surface area contributed by atoms with Crippen LogP contribution in [0.25, 0.3) is 0 Å². The van der Waals surface area contributed by atoms with Crippen molar-refractivity contribution in [3.63, 3.8) is 0 Å². The van der Waals surface area contributed by atoms with Crippen molar-refractivity contribution < 1.29 is 23.1 Å². The molecular weight excluding hydrogens is 432 g/mol. The number of carboxylic acids is 1. The Morgan fingerprint density at radius 2 is 1.69 bits per heavy atom. The number of fused-ring (bicyclic) bond motifs is 2. The van der Waals surface area contributed by atoms with Gasteiger partial charge in [-0.2, -0.15) is 17.9 Å². The number of carboxylic acid groups (broad SMARTS) is 1. The summed E-state index contributed by atoms with van der Waals surface area (Å²) in [5.41, 5.74) is 5.45. The van der Waals surface area contributed by atoms with Crippen molar-refractivity contribution in [1.82, 2.24) is 14.8 Å². The molecule has 1 amide bonds. The summed E-state index contributed by atoms with van der Waals surface area (Å²) in [5, 5.41) is 12.5. The van der Waals surface area contributed by atoms with Crippen molar-refractivity contribution in [1.29, 1.82) is 0 Å². The zero-order valence-corrected chi connectivity index (χ0v) is 19.7. The molecule has 10 heteroatoms. The lowest BCUT2D eigenvalue weighted by atomic mass is 9.84. The van der Waals surface area contributed by atoms with E-state index in [0.717, 1.165) is 44.9 Å². The fraction of sp³-hybridized carbons (Fsp3) is 0.909. The molecule has 0 aromatic carbocycles. The molecule has 0 spiro atoms. The molecule has 3 fully saturated rings. The van der Waals surface area contributed by atoms with Crippen LogP contribution in [0, 0.1) is 17.8 Å². The first-order chi connectivity index (χ1) is 15.3. The second kappa shape index (κ2) is 11.8. The van der Waals surface area contributed by atoms with E-state index in [9.17, 15) is 23.1 Å². The Hall–Kier alpha value is -1.23. The van der Waals surface area contributed by atoms with Crippen molar-refractivity contribution in [3.05, 3.63) is 0 Å². The number of hydrogen-bond donors (Lipinski definition) is 5. The zero-order valence-electron chi connectivity index (χ0n) is 18.9. The van der Waals surface area contributed by atoms with E-state index in [1.165, 1.54) is 12.8 Å². The number of rotatable bonds is 13. The lowest BCUT2D eigenvalue weighted by Crippen LogP contribution is -2.55. The normalized spacial score (nSPS) is 27.8. The van der Waals surface area contributed by atoms with Gasteiger partial charge >= 0.3 is 5.97 Å². The van der Waals surface area contributed by atoms with E-state index < -0.39 is 28.3 Å². The van der Waals surface area contributed by atoms with Gasteiger partial charge in [0.1, 0.15) is 12.1 Å². The number of unbranched alkanes of at least 4 members (excludes halogenated alkanes) is 1. The highest BCUT2D eigenvalue weighted by Crippen LogP contribution is 2.44. The maximum Gasteiger partial charge on any atom is 0.321 e. The van der Waals surface area contributed by atoms with Gasteiger partial charge in [-0.25, -0.2) is 0 Å². The SMILES string of the molecule is NCCCC[C@H](NS(=O)(=O)N[C@H](CC1CCCCC1)C(=O)NC1CC2CCC1C2)C(=O)O. The molecule has 3 aliphatic rings. The van der Waals surface area contributed by atoms with Gasteiger partial charge in [0.05, 0.1) is 0 Å². The molecule has 32 heavy (non-hydrogen) atoms. The predicted molar refractivity (Wildman–Crippen MR) is 122 cm³/mol. The first-order valence-corrected chi connectivity index (χ1v) is 13.8. The molecule has 3 saturated carbocycles. The molecule has 3 unspecified atom stereocenters. The average molecular weight is 473 g/mol. The van der Waals surface area contributed by atoms with E-state index in [1.54, 1.807) is 0 Å². The highest BCUT2D eigenvalue weighted by Gasteiger charge is 2.41. The largest absolute Gasteiger partial charge is 0.480 e. The smallest absolute Gasteiger partial charge is 0.321 e.